The molecule has 1 amide bonds. The highest BCUT2D eigenvalue weighted by atomic mass is 19.4. The molecule has 2 aliphatic heterocycles. The average Bonchev–Trinajstić information content (AvgIpc) is 3.29. The van der Waals surface area contributed by atoms with E-state index >= 15 is 0 Å². The van der Waals surface area contributed by atoms with Crippen LogP contribution in [0.1, 0.15) is 30.2 Å². The number of alkyl halides is 3. The Balaban J connectivity index is 1.54. The number of benzene rings is 1. The number of carbonyl (C=O) groups excluding carboxylic acids is 1. The van der Waals surface area contributed by atoms with Crippen LogP contribution >= 0.6 is 0 Å². The fourth-order valence-electron chi connectivity index (χ4n) is 3.92. The number of likely N-dealkylation sites (tertiary alicyclic amines) is 1. The van der Waals surface area contributed by atoms with E-state index in [1.807, 2.05) is 9.80 Å². The summed E-state index contributed by atoms with van der Waals surface area (Å²) in [4.78, 5) is 25.0. The molecule has 0 spiro atoms. The van der Waals surface area contributed by atoms with Crippen molar-refractivity contribution in [2.45, 2.75) is 25.1 Å². The molecule has 6 nitrogen and oxygen atoms in total. The third-order valence-corrected chi connectivity index (χ3v) is 5.46. The van der Waals surface area contributed by atoms with Gasteiger partial charge in [-0.3, -0.25) is 19.7 Å². The molecule has 160 valence electrons. The average molecular weight is 420 g/mol. The van der Waals surface area contributed by atoms with Gasteiger partial charge < -0.3 is 9.64 Å². The number of amides is 1. The van der Waals surface area contributed by atoms with Gasteiger partial charge in [-0.15, -0.1) is 0 Å². The van der Waals surface area contributed by atoms with Crippen LogP contribution in [-0.4, -0.2) is 65.0 Å². The zero-order valence-electron chi connectivity index (χ0n) is 16.4. The number of halogens is 3. The SMILES string of the molecule is O=C(CN1CCO[C@@H](c2nccnc2-c2cccc(C(F)(F)F)c2)C1)N1CCCC1. The van der Waals surface area contributed by atoms with Crippen LogP contribution < -0.4 is 0 Å². The van der Waals surface area contributed by atoms with Gasteiger partial charge in [-0.25, -0.2) is 0 Å². The van der Waals surface area contributed by atoms with Gasteiger partial charge in [0, 0.05) is 44.1 Å². The highest BCUT2D eigenvalue weighted by Crippen LogP contribution is 2.34. The van der Waals surface area contributed by atoms with E-state index in [0.29, 0.717) is 43.2 Å². The van der Waals surface area contributed by atoms with E-state index in [2.05, 4.69) is 9.97 Å². The molecule has 2 saturated heterocycles. The molecule has 0 bridgehead atoms. The molecule has 0 unspecified atom stereocenters. The Kier molecular flexibility index (Phi) is 6.01. The molecule has 0 aliphatic carbocycles. The van der Waals surface area contributed by atoms with Crippen molar-refractivity contribution in [1.82, 2.24) is 19.8 Å². The number of ether oxygens (including phenoxy) is 1. The van der Waals surface area contributed by atoms with Crippen molar-refractivity contribution in [3.05, 3.63) is 47.9 Å². The summed E-state index contributed by atoms with van der Waals surface area (Å²) in [5, 5.41) is 0. The quantitative estimate of drug-likeness (QED) is 0.761. The molecule has 4 rings (SSSR count). The molecule has 30 heavy (non-hydrogen) atoms. The third kappa shape index (κ3) is 4.62. The van der Waals surface area contributed by atoms with Crippen molar-refractivity contribution in [1.29, 1.82) is 0 Å². The van der Waals surface area contributed by atoms with Crippen LogP contribution in [-0.2, 0) is 15.7 Å². The van der Waals surface area contributed by atoms with Gasteiger partial charge in [0.15, 0.2) is 0 Å². The second kappa shape index (κ2) is 8.69. The molecular weight excluding hydrogens is 397 g/mol. The lowest BCUT2D eigenvalue weighted by molar-refractivity contribution is -0.137. The van der Waals surface area contributed by atoms with Gasteiger partial charge in [-0.05, 0) is 25.0 Å². The van der Waals surface area contributed by atoms with Crippen LogP contribution in [0.2, 0.25) is 0 Å². The predicted molar refractivity (Wildman–Crippen MR) is 103 cm³/mol. The van der Waals surface area contributed by atoms with Gasteiger partial charge in [0.05, 0.1) is 30.1 Å². The topological polar surface area (TPSA) is 58.6 Å². The van der Waals surface area contributed by atoms with Crippen molar-refractivity contribution >= 4 is 5.91 Å². The standard InChI is InChI=1S/C21H23F3N4O2/c22-21(23,24)16-5-3-4-15(12-16)19-20(26-7-6-25-19)17-13-27(10-11-30-17)14-18(29)28-8-1-2-9-28/h3-7,12,17H,1-2,8-11,13-14H2/t17-/m1/s1. The monoisotopic (exact) mass is 420 g/mol. The third-order valence-electron chi connectivity index (χ3n) is 5.46. The lowest BCUT2D eigenvalue weighted by Gasteiger charge is -2.33. The van der Waals surface area contributed by atoms with E-state index in [1.54, 1.807) is 6.07 Å². The van der Waals surface area contributed by atoms with Crippen molar-refractivity contribution in [2.75, 3.05) is 39.3 Å². The van der Waals surface area contributed by atoms with Crippen LogP contribution in [0, 0.1) is 0 Å². The number of morpholine rings is 1. The summed E-state index contributed by atoms with van der Waals surface area (Å²) < 4.78 is 45.3. The van der Waals surface area contributed by atoms with E-state index in [1.165, 1.54) is 18.5 Å². The van der Waals surface area contributed by atoms with Crippen molar-refractivity contribution in [2.24, 2.45) is 0 Å². The van der Waals surface area contributed by atoms with E-state index < -0.39 is 17.8 Å². The van der Waals surface area contributed by atoms with Crippen molar-refractivity contribution in [3.63, 3.8) is 0 Å². The summed E-state index contributed by atoms with van der Waals surface area (Å²) in [5.41, 5.74) is 0.442. The summed E-state index contributed by atoms with van der Waals surface area (Å²) in [6.45, 7) is 3.38. The second-order valence-corrected chi connectivity index (χ2v) is 7.55. The van der Waals surface area contributed by atoms with Gasteiger partial charge in [0.1, 0.15) is 6.10 Å². The fourth-order valence-corrected chi connectivity index (χ4v) is 3.92. The molecule has 2 aliphatic rings. The number of hydrogen-bond acceptors (Lipinski definition) is 5. The number of rotatable bonds is 4. The van der Waals surface area contributed by atoms with E-state index in [-0.39, 0.29) is 5.91 Å². The van der Waals surface area contributed by atoms with Gasteiger partial charge >= 0.3 is 6.18 Å². The second-order valence-electron chi connectivity index (χ2n) is 7.55. The zero-order valence-corrected chi connectivity index (χ0v) is 16.4. The van der Waals surface area contributed by atoms with Crippen LogP contribution in [0.4, 0.5) is 13.2 Å². The predicted octanol–water partition coefficient (Wildman–Crippen LogP) is 3.16. The smallest absolute Gasteiger partial charge is 0.369 e. The van der Waals surface area contributed by atoms with Gasteiger partial charge in [0.2, 0.25) is 5.91 Å². The van der Waals surface area contributed by atoms with Crippen LogP contribution in [0.15, 0.2) is 36.7 Å². The Morgan fingerprint density at radius 2 is 1.90 bits per heavy atom. The maximum Gasteiger partial charge on any atom is 0.416 e. The number of nitrogens with zero attached hydrogens (tertiary/aromatic N) is 4. The maximum absolute atomic E-state index is 13.1. The Morgan fingerprint density at radius 1 is 1.13 bits per heavy atom. The molecule has 1 atom stereocenters. The van der Waals surface area contributed by atoms with Gasteiger partial charge in [-0.2, -0.15) is 13.2 Å². The first-order valence-electron chi connectivity index (χ1n) is 10.0. The van der Waals surface area contributed by atoms with Crippen molar-refractivity contribution in [3.8, 4) is 11.3 Å². The van der Waals surface area contributed by atoms with Gasteiger partial charge in [-0.1, -0.05) is 12.1 Å². The minimum Gasteiger partial charge on any atom is -0.369 e. The molecule has 2 aromatic rings. The minimum atomic E-state index is -4.44. The number of aromatic nitrogens is 2. The number of hydrogen-bond donors (Lipinski definition) is 0. The molecule has 9 heteroatoms. The van der Waals surface area contributed by atoms with Crippen LogP contribution in [0.3, 0.4) is 0 Å². The summed E-state index contributed by atoms with van der Waals surface area (Å²) >= 11 is 0. The molecule has 3 heterocycles. The van der Waals surface area contributed by atoms with E-state index in [4.69, 9.17) is 4.74 Å². The molecule has 0 N–H and O–H groups in total. The molecule has 0 radical (unpaired) electrons. The Morgan fingerprint density at radius 3 is 2.67 bits per heavy atom. The first kappa shape index (κ1) is 20.7. The van der Waals surface area contributed by atoms with Crippen LogP contribution in [0.5, 0.6) is 0 Å². The lowest BCUT2D eigenvalue weighted by Crippen LogP contribution is -2.45. The van der Waals surface area contributed by atoms with Gasteiger partial charge in [0.25, 0.3) is 0 Å². The molecular formula is C21H23F3N4O2. The molecule has 1 aromatic heterocycles. The van der Waals surface area contributed by atoms with Crippen LogP contribution in [0.25, 0.3) is 11.3 Å². The molecule has 1 aromatic carbocycles. The first-order valence-corrected chi connectivity index (χ1v) is 10.0. The molecule has 2 fully saturated rings. The summed E-state index contributed by atoms with van der Waals surface area (Å²) in [6, 6.07) is 5.05. The maximum atomic E-state index is 13.1. The fraction of sp³-hybridized carbons (Fsp3) is 0.476. The minimum absolute atomic E-state index is 0.102. The Hall–Kier alpha value is -2.52. The highest BCUT2D eigenvalue weighted by molar-refractivity contribution is 5.78. The molecule has 0 saturated carbocycles. The largest absolute Gasteiger partial charge is 0.416 e. The Bertz CT molecular complexity index is 900. The summed E-state index contributed by atoms with van der Waals surface area (Å²) in [6.07, 6.45) is 0.130. The van der Waals surface area contributed by atoms with E-state index in [0.717, 1.165) is 38.1 Å². The normalized spacial score (nSPS) is 20.5. The highest BCUT2D eigenvalue weighted by Gasteiger charge is 2.32. The zero-order chi connectivity index (χ0) is 21.1. The first-order chi connectivity index (χ1) is 14.4. The Labute approximate surface area is 172 Å². The van der Waals surface area contributed by atoms with Crippen molar-refractivity contribution < 1.29 is 22.7 Å². The summed E-state index contributed by atoms with van der Waals surface area (Å²) in [5.74, 6) is 0.102. The van der Waals surface area contributed by atoms with E-state index in [9.17, 15) is 18.0 Å². The summed E-state index contributed by atoms with van der Waals surface area (Å²) in [7, 11) is 0. The lowest BCUT2D eigenvalue weighted by atomic mass is 10.0. The number of carbonyl (C=O) groups is 1.